The van der Waals surface area contributed by atoms with Crippen molar-refractivity contribution in [1.82, 2.24) is 9.97 Å². The fourth-order valence-electron chi connectivity index (χ4n) is 3.13. The van der Waals surface area contributed by atoms with Crippen molar-refractivity contribution in [2.45, 2.75) is 32.2 Å². The number of anilines is 1. The number of fused-ring (bicyclic) bond motifs is 2. The van der Waals surface area contributed by atoms with Crippen molar-refractivity contribution in [2.24, 2.45) is 11.1 Å². The lowest BCUT2D eigenvalue weighted by atomic mass is 9.88. The number of hydrogen-bond donors (Lipinski definition) is 1. The monoisotopic (exact) mass is 218 g/mol. The maximum Gasteiger partial charge on any atom is 0.225 e. The predicted molar refractivity (Wildman–Crippen MR) is 63.2 cm³/mol. The van der Waals surface area contributed by atoms with Gasteiger partial charge in [-0.15, -0.1) is 0 Å². The summed E-state index contributed by atoms with van der Waals surface area (Å²) in [7, 11) is 0. The van der Waals surface area contributed by atoms with E-state index in [4.69, 9.17) is 5.73 Å². The van der Waals surface area contributed by atoms with Crippen LogP contribution in [0.15, 0.2) is 12.3 Å². The molecule has 16 heavy (non-hydrogen) atoms. The van der Waals surface area contributed by atoms with Crippen LogP contribution in [-0.2, 0) is 0 Å². The molecule has 2 bridgehead atoms. The Kier molecular flexibility index (Phi) is 2.14. The van der Waals surface area contributed by atoms with Crippen LogP contribution in [0.4, 0.5) is 5.95 Å². The highest BCUT2D eigenvalue weighted by Gasteiger charge is 2.49. The molecule has 0 spiro atoms. The third-order valence-corrected chi connectivity index (χ3v) is 4.10. The number of aryl methyl sites for hydroxylation is 1. The standard InChI is InChI=1S/C12H18N4/c1-9-3-5-14-11(15-9)16-8-12(7-13)4-2-10(16)6-12/h3,5,10H,2,4,6-8,13H2,1H3. The molecule has 0 aromatic carbocycles. The highest BCUT2D eigenvalue weighted by Crippen LogP contribution is 2.47. The zero-order valence-corrected chi connectivity index (χ0v) is 9.69. The van der Waals surface area contributed by atoms with Gasteiger partial charge < -0.3 is 10.6 Å². The molecule has 1 saturated heterocycles. The molecular formula is C12H18N4. The minimum atomic E-state index is 0.345. The van der Waals surface area contributed by atoms with Gasteiger partial charge in [-0.1, -0.05) is 0 Å². The molecule has 0 amide bonds. The fourth-order valence-corrected chi connectivity index (χ4v) is 3.13. The van der Waals surface area contributed by atoms with Crippen molar-refractivity contribution in [2.75, 3.05) is 18.0 Å². The van der Waals surface area contributed by atoms with E-state index in [-0.39, 0.29) is 0 Å². The van der Waals surface area contributed by atoms with Gasteiger partial charge in [0.1, 0.15) is 0 Å². The molecule has 4 nitrogen and oxygen atoms in total. The van der Waals surface area contributed by atoms with Gasteiger partial charge in [-0.05, 0) is 38.8 Å². The Morgan fingerprint density at radius 1 is 1.62 bits per heavy atom. The van der Waals surface area contributed by atoms with E-state index in [9.17, 15) is 0 Å². The van der Waals surface area contributed by atoms with Crippen molar-refractivity contribution in [3.8, 4) is 0 Å². The molecule has 1 aromatic rings. The second-order valence-corrected chi connectivity index (χ2v) is 5.23. The molecule has 2 unspecified atom stereocenters. The normalized spacial score (nSPS) is 32.4. The topological polar surface area (TPSA) is 55.0 Å². The number of aromatic nitrogens is 2. The zero-order valence-electron chi connectivity index (χ0n) is 9.69. The van der Waals surface area contributed by atoms with E-state index in [0.717, 1.165) is 24.7 Å². The van der Waals surface area contributed by atoms with Crippen LogP contribution in [0.5, 0.6) is 0 Å². The smallest absolute Gasteiger partial charge is 0.225 e. The molecule has 2 fully saturated rings. The summed E-state index contributed by atoms with van der Waals surface area (Å²) in [5.74, 6) is 0.889. The first-order chi connectivity index (χ1) is 7.72. The summed E-state index contributed by atoms with van der Waals surface area (Å²) < 4.78 is 0. The third-order valence-electron chi connectivity index (χ3n) is 4.10. The second-order valence-electron chi connectivity index (χ2n) is 5.23. The largest absolute Gasteiger partial charge is 0.337 e. The number of piperidine rings is 1. The van der Waals surface area contributed by atoms with Crippen LogP contribution in [0.2, 0.25) is 0 Å². The van der Waals surface area contributed by atoms with E-state index >= 15 is 0 Å². The average Bonchev–Trinajstić information content (AvgIpc) is 2.87. The van der Waals surface area contributed by atoms with Gasteiger partial charge in [0.2, 0.25) is 5.95 Å². The maximum atomic E-state index is 5.91. The Balaban J connectivity index is 1.88. The van der Waals surface area contributed by atoms with Crippen LogP contribution in [0.3, 0.4) is 0 Å². The van der Waals surface area contributed by atoms with Gasteiger partial charge in [-0.3, -0.25) is 0 Å². The first kappa shape index (κ1) is 10.0. The SMILES string of the molecule is Cc1ccnc(N2CC3(CN)CCC2C3)n1. The van der Waals surface area contributed by atoms with E-state index in [1.165, 1.54) is 19.3 Å². The lowest BCUT2D eigenvalue weighted by Gasteiger charge is -2.31. The Morgan fingerprint density at radius 3 is 3.19 bits per heavy atom. The lowest BCUT2D eigenvalue weighted by Crippen LogP contribution is -2.39. The molecule has 1 aromatic heterocycles. The highest BCUT2D eigenvalue weighted by molar-refractivity contribution is 5.37. The zero-order chi connectivity index (χ0) is 11.2. The Bertz CT molecular complexity index is 406. The molecule has 2 heterocycles. The van der Waals surface area contributed by atoms with E-state index in [1.54, 1.807) is 0 Å². The van der Waals surface area contributed by atoms with Crippen molar-refractivity contribution in [3.63, 3.8) is 0 Å². The van der Waals surface area contributed by atoms with Gasteiger partial charge >= 0.3 is 0 Å². The molecule has 1 aliphatic heterocycles. The Hall–Kier alpha value is -1.16. The van der Waals surface area contributed by atoms with Crippen molar-refractivity contribution >= 4 is 5.95 Å². The maximum absolute atomic E-state index is 5.91. The van der Waals surface area contributed by atoms with Crippen LogP contribution in [0.25, 0.3) is 0 Å². The fraction of sp³-hybridized carbons (Fsp3) is 0.667. The molecule has 1 saturated carbocycles. The van der Waals surface area contributed by atoms with E-state index in [0.29, 0.717) is 11.5 Å². The molecule has 3 rings (SSSR count). The molecule has 1 aliphatic carbocycles. The van der Waals surface area contributed by atoms with Gasteiger partial charge in [0.05, 0.1) is 0 Å². The van der Waals surface area contributed by atoms with E-state index in [1.807, 2.05) is 19.2 Å². The number of hydrogen-bond acceptors (Lipinski definition) is 4. The highest BCUT2D eigenvalue weighted by atomic mass is 15.3. The minimum absolute atomic E-state index is 0.345. The summed E-state index contributed by atoms with van der Waals surface area (Å²) in [5.41, 5.74) is 7.29. The van der Waals surface area contributed by atoms with Crippen LogP contribution >= 0.6 is 0 Å². The number of nitrogens with zero attached hydrogens (tertiary/aromatic N) is 3. The molecule has 0 radical (unpaired) electrons. The van der Waals surface area contributed by atoms with Gasteiger partial charge in [-0.2, -0.15) is 0 Å². The summed E-state index contributed by atoms with van der Waals surface area (Å²) in [4.78, 5) is 11.2. The summed E-state index contributed by atoms with van der Waals surface area (Å²) in [6.07, 6.45) is 5.59. The first-order valence-corrected chi connectivity index (χ1v) is 5.99. The molecule has 86 valence electrons. The average molecular weight is 218 g/mol. The third kappa shape index (κ3) is 1.40. The van der Waals surface area contributed by atoms with Crippen molar-refractivity contribution in [1.29, 1.82) is 0 Å². The molecule has 4 heteroatoms. The van der Waals surface area contributed by atoms with Gasteiger partial charge in [-0.25, -0.2) is 9.97 Å². The Morgan fingerprint density at radius 2 is 2.50 bits per heavy atom. The molecular weight excluding hydrogens is 200 g/mol. The van der Waals surface area contributed by atoms with Crippen LogP contribution in [-0.4, -0.2) is 29.1 Å². The second kappa shape index (κ2) is 3.42. The molecule has 2 atom stereocenters. The van der Waals surface area contributed by atoms with Crippen LogP contribution in [0.1, 0.15) is 25.0 Å². The summed E-state index contributed by atoms with van der Waals surface area (Å²) >= 11 is 0. The van der Waals surface area contributed by atoms with Crippen molar-refractivity contribution < 1.29 is 0 Å². The van der Waals surface area contributed by atoms with E-state index in [2.05, 4.69) is 14.9 Å². The number of nitrogens with two attached hydrogens (primary N) is 1. The summed E-state index contributed by atoms with van der Waals surface area (Å²) in [6, 6.07) is 2.56. The van der Waals surface area contributed by atoms with Gasteiger partial charge in [0, 0.05) is 29.9 Å². The Labute approximate surface area is 95.9 Å². The summed E-state index contributed by atoms with van der Waals surface area (Å²) in [6.45, 7) is 3.85. The van der Waals surface area contributed by atoms with Gasteiger partial charge in [0.15, 0.2) is 0 Å². The quantitative estimate of drug-likeness (QED) is 0.807. The summed E-state index contributed by atoms with van der Waals surface area (Å²) in [5, 5.41) is 0. The van der Waals surface area contributed by atoms with Gasteiger partial charge in [0.25, 0.3) is 0 Å². The van der Waals surface area contributed by atoms with Crippen molar-refractivity contribution in [3.05, 3.63) is 18.0 Å². The minimum Gasteiger partial charge on any atom is -0.337 e. The van der Waals surface area contributed by atoms with Crippen LogP contribution in [0, 0.1) is 12.3 Å². The molecule has 2 N–H and O–H groups in total. The number of rotatable bonds is 2. The van der Waals surface area contributed by atoms with Crippen LogP contribution < -0.4 is 10.6 Å². The predicted octanol–water partition coefficient (Wildman–Crippen LogP) is 1.10. The van der Waals surface area contributed by atoms with E-state index < -0.39 is 0 Å². The molecule has 2 aliphatic rings. The lowest BCUT2D eigenvalue weighted by molar-refractivity contribution is 0.340. The first-order valence-electron chi connectivity index (χ1n) is 5.99.